The third-order valence-corrected chi connectivity index (χ3v) is 8.48. The van der Waals surface area contributed by atoms with Gasteiger partial charge in [0.1, 0.15) is 0 Å². The quantitative estimate of drug-likeness (QED) is 0.275. The lowest BCUT2D eigenvalue weighted by molar-refractivity contribution is -0.137. The third kappa shape index (κ3) is 6.10. The van der Waals surface area contributed by atoms with Crippen molar-refractivity contribution in [1.82, 2.24) is 5.48 Å². The molecule has 0 spiro atoms. The monoisotopic (exact) mass is 477 g/mol. The largest absolute Gasteiger partial charge is 0.481 e. The van der Waals surface area contributed by atoms with Crippen molar-refractivity contribution in [2.75, 3.05) is 11.1 Å². The van der Waals surface area contributed by atoms with Crippen LogP contribution in [0.4, 0.5) is 5.69 Å². The Kier molecular flexibility index (Phi) is 8.30. The molecule has 172 valence electrons. The van der Waals surface area contributed by atoms with E-state index < -0.39 is 23.8 Å². The molecule has 2 aromatic rings. The van der Waals surface area contributed by atoms with E-state index in [0.717, 1.165) is 40.3 Å². The van der Waals surface area contributed by atoms with Crippen molar-refractivity contribution in [3.63, 3.8) is 0 Å². The summed E-state index contributed by atoms with van der Waals surface area (Å²) in [5.41, 5.74) is 9.05. The fourth-order valence-corrected chi connectivity index (χ4v) is 6.59. The van der Waals surface area contributed by atoms with E-state index in [4.69, 9.17) is 16.0 Å². The van der Waals surface area contributed by atoms with Crippen LogP contribution >= 0.6 is 23.1 Å². The zero-order chi connectivity index (χ0) is 23.1. The van der Waals surface area contributed by atoms with Gasteiger partial charge in [-0.05, 0) is 54.8 Å². The van der Waals surface area contributed by atoms with Gasteiger partial charge in [-0.1, -0.05) is 18.6 Å². The molecule has 0 unspecified atom stereocenters. The molecule has 1 aliphatic heterocycles. The number of carbonyl (C=O) groups is 3. The number of carboxylic acid groups (broad SMARTS) is 1. The molecule has 0 aliphatic carbocycles. The highest BCUT2D eigenvalue weighted by Gasteiger charge is 2.38. The first kappa shape index (κ1) is 24.2. The molecule has 10 heteroatoms. The van der Waals surface area contributed by atoms with Crippen LogP contribution in [0.2, 0.25) is 0 Å². The van der Waals surface area contributed by atoms with Gasteiger partial charge in [-0.3, -0.25) is 19.6 Å². The molecule has 8 nitrogen and oxygen atoms in total. The second-order valence-electron chi connectivity index (χ2n) is 7.78. The summed E-state index contributed by atoms with van der Waals surface area (Å²) in [5, 5.41) is 20.5. The normalized spacial score (nSPS) is 19.2. The topological polar surface area (TPSA) is 142 Å². The Morgan fingerprint density at radius 2 is 2.00 bits per heavy atom. The van der Waals surface area contributed by atoms with Crippen LogP contribution in [-0.4, -0.2) is 39.9 Å². The number of carbonyl (C=O) groups excluding carboxylic acids is 2. The summed E-state index contributed by atoms with van der Waals surface area (Å²) >= 11 is 3.37. The average Bonchev–Trinajstić information content (AvgIpc) is 3.29. The Balaban J connectivity index is 1.76. The van der Waals surface area contributed by atoms with E-state index in [9.17, 15) is 14.4 Å². The molecule has 1 saturated heterocycles. The van der Waals surface area contributed by atoms with Crippen LogP contribution in [0.3, 0.4) is 0 Å². The van der Waals surface area contributed by atoms with Crippen molar-refractivity contribution in [2.24, 2.45) is 5.73 Å². The number of nitrogens with two attached hydrogens (primary N) is 1. The molecular weight excluding hydrogens is 450 g/mol. The van der Waals surface area contributed by atoms with Gasteiger partial charge in [-0.2, -0.15) is 0 Å². The van der Waals surface area contributed by atoms with Crippen molar-refractivity contribution in [3.8, 4) is 10.4 Å². The molecule has 1 aromatic carbocycles. The SMILES string of the molecule is N[C@@H](CCC(=O)O)C(=O)Nc1cccc(-c2ccc([C@@]3(CC(=O)NO)CCCCS3)s2)c1. The summed E-state index contributed by atoms with van der Waals surface area (Å²) in [7, 11) is 0. The number of carboxylic acids is 1. The molecule has 1 aliphatic rings. The summed E-state index contributed by atoms with van der Waals surface area (Å²) in [6.07, 6.45) is 3.13. The Labute approximate surface area is 194 Å². The van der Waals surface area contributed by atoms with E-state index in [1.807, 2.05) is 30.3 Å². The number of hydroxylamine groups is 1. The highest BCUT2D eigenvalue weighted by Crippen LogP contribution is 2.50. The molecule has 2 atom stereocenters. The number of hydrogen-bond acceptors (Lipinski definition) is 7. The van der Waals surface area contributed by atoms with Gasteiger partial charge in [0, 0.05) is 28.3 Å². The first-order chi connectivity index (χ1) is 15.3. The third-order valence-electron chi connectivity index (χ3n) is 5.40. The molecule has 0 radical (unpaired) electrons. The Hall–Kier alpha value is -2.40. The van der Waals surface area contributed by atoms with E-state index in [1.54, 1.807) is 34.6 Å². The van der Waals surface area contributed by atoms with E-state index in [1.165, 1.54) is 0 Å². The van der Waals surface area contributed by atoms with Gasteiger partial charge in [0.05, 0.1) is 10.8 Å². The van der Waals surface area contributed by atoms with Crippen LogP contribution in [0.5, 0.6) is 0 Å². The summed E-state index contributed by atoms with van der Waals surface area (Å²) in [5.74, 6) is -0.842. The summed E-state index contributed by atoms with van der Waals surface area (Å²) < 4.78 is -0.350. The smallest absolute Gasteiger partial charge is 0.303 e. The summed E-state index contributed by atoms with van der Waals surface area (Å²) in [4.78, 5) is 37.0. The summed E-state index contributed by atoms with van der Waals surface area (Å²) in [6, 6.07) is 10.5. The zero-order valence-corrected chi connectivity index (χ0v) is 19.1. The van der Waals surface area contributed by atoms with Gasteiger partial charge in [0.2, 0.25) is 11.8 Å². The highest BCUT2D eigenvalue weighted by molar-refractivity contribution is 8.00. The Bertz CT molecular complexity index is 972. The molecular formula is C22H27N3O5S2. The number of rotatable bonds is 9. The zero-order valence-electron chi connectivity index (χ0n) is 17.5. The number of nitrogens with one attached hydrogen (secondary N) is 2. The fourth-order valence-electron chi connectivity index (χ4n) is 3.71. The minimum atomic E-state index is -0.992. The van der Waals surface area contributed by atoms with Gasteiger partial charge < -0.3 is 16.2 Å². The Morgan fingerprint density at radius 1 is 1.19 bits per heavy atom. The first-order valence-corrected chi connectivity index (χ1v) is 12.2. The number of hydrogen-bond donors (Lipinski definition) is 5. The minimum absolute atomic E-state index is 0.0658. The maximum atomic E-state index is 12.3. The molecule has 6 N–H and O–H groups in total. The van der Waals surface area contributed by atoms with Crippen LogP contribution in [0.15, 0.2) is 36.4 Å². The maximum absolute atomic E-state index is 12.3. The van der Waals surface area contributed by atoms with Gasteiger partial charge in [0.25, 0.3) is 0 Å². The molecule has 0 saturated carbocycles. The van der Waals surface area contributed by atoms with Crippen LogP contribution in [0.25, 0.3) is 10.4 Å². The number of amides is 2. The number of thiophene rings is 1. The second kappa shape index (κ2) is 11.0. The first-order valence-electron chi connectivity index (χ1n) is 10.4. The number of aliphatic carboxylic acids is 1. The summed E-state index contributed by atoms with van der Waals surface area (Å²) in [6.45, 7) is 0. The number of anilines is 1. The van der Waals surface area contributed by atoms with Crippen LogP contribution < -0.4 is 16.5 Å². The number of benzene rings is 1. The molecule has 2 heterocycles. The van der Waals surface area contributed by atoms with Crippen molar-refractivity contribution < 1.29 is 24.7 Å². The van der Waals surface area contributed by atoms with Gasteiger partial charge in [-0.25, -0.2) is 5.48 Å². The standard InChI is InChI=1S/C22H27N3O5S2/c23-16(6-9-20(27)28)21(29)24-15-5-3-4-14(12-15)17-7-8-18(32-17)22(13-19(26)25-30)10-1-2-11-31-22/h3-5,7-8,12,16,30H,1-2,6,9-11,13,23H2,(H,24,29)(H,25,26)(H,27,28)/t16-,22-/m0/s1. The van der Waals surface area contributed by atoms with Crippen molar-refractivity contribution in [3.05, 3.63) is 41.3 Å². The van der Waals surface area contributed by atoms with Crippen LogP contribution in [-0.2, 0) is 19.1 Å². The Morgan fingerprint density at radius 3 is 2.69 bits per heavy atom. The molecule has 1 aromatic heterocycles. The average molecular weight is 478 g/mol. The van der Waals surface area contributed by atoms with Gasteiger partial charge >= 0.3 is 5.97 Å². The van der Waals surface area contributed by atoms with Crippen LogP contribution in [0, 0.1) is 0 Å². The van der Waals surface area contributed by atoms with Crippen molar-refractivity contribution >= 4 is 46.6 Å². The van der Waals surface area contributed by atoms with E-state index >= 15 is 0 Å². The molecule has 1 fully saturated rings. The maximum Gasteiger partial charge on any atom is 0.303 e. The predicted molar refractivity (Wildman–Crippen MR) is 126 cm³/mol. The predicted octanol–water partition coefficient (Wildman–Crippen LogP) is 3.55. The van der Waals surface area contributed by atoms with E-state index in [0.29, 0.717) is 5.69 Å². The number of thioether (sulfide) groups is 1. The molecule has 3 rings (SSSR count). The van der Waals surface area contributed by atoms with Crippen LogP contribution in [0.1, 0.15) is 43.4 Å². The lowest BCUT2D eigenvalue weighted by Crippen LogP contribution is -2.36. The second-order valence-corrected chi connectivity index (χ2v) is 10.3. The van der Waals surface area contributed by atoms with Crippen molar-refractivity contribution in [2.45, 2.75) is 49.3 Å². The van der Waals surface area contributed by atoms with E-state index in [-0.39, 0.29) is 24.0 Å². The molecule has 32 heavy (non-hydrogen) atoms. The lowest BCUT2D eigenvalue weighted by Gasteiger charge is -2.35. The fraction of sp³-hybridized carbons (Fsp3) is 0.409. The highest BCUT2D eigenvalue weighted by atomic mass is 32.2. The van der Waals surface area contributed by atoms with Crippen molar-refractivity contribution in [1.29, 1.82) is 0 Å². The van der Waals surface area contributed by atoms with E-state index in [2.05, 4.69) is 5.32 Å². The molecule has 2 amide bonds. The minimum Gasteiger partial charge on any atom is -0.481 e. The lowest BCUT2D eigenvalue weighted by atomic mass is 9.94. The van der Waals surface area contributed by atoms with Gasteiger partial charge in [-0.15, -0.1) is 23.1 Å². The molecule has 0 bridgehead atoms. The van der Waals surface area contributed by atoms with Gasteiger partial charge in [0.15, 0.2) is 0 Å².